The smallest absolute Gasteiger partial charge is 0.416 e. The molecule has 0 spiro atoms. The Morgan fingerprint density at radius 1 is 1.11 bits per heavy atom. The van der Waals surface area contributed by atoms with E-state index in [9.17, 15) is 22.6 Å². The van der Waals surface area contributed by atoms with Crippen LogP contribution < -0.4 is 10.0 Å². The van der Waals surface area contributed by atoms with Gasteiger partial charge in [-0.2, -0.15) is 5.48 Å². The number of carbonyl (C=O) groups is 2. The maximum Gasteiger partial charge on any atom is 0.524 e. The van der Waals surface area contributed by atoms with Crippen LogP contribution in [0.5, 0.6) is 5.75 Å². The molecule has 1 amide bonds. The third-order valence-corrected chi connectivity index (χ3v) is 17.2. The first-order chi connectivity index (χ1) is 24.6. The van der Waals surface area contributed by atoms with Gasteiger partial charge in [-0.05, 0) is 67.4 Å². The van der Waals surface area contributed by atoms with Gasteiger partial charge >= 0.3 is 19.8 Å². The normalized spacial score (nSPS) is 16.5. The third-order valence-electron chi connectivity index (χ3n) is 10.1. The van der Waals surface area contributed by atoms with Gasteiger partial charge in [0, 0.05) is 62.4 Å². The Bertz CT molecular complexity index is 1940. The van der Waals surface area contributed by atoms with Crippen molar-refractivity contribution in [3.05, 3.63) is 53.3 Å². The van der Waals surface area contributed by atoms with Crippen LogP contribution in [0.3, 0.4) is 0 Å². The number of phosphoric acid groups is 1. The zero-order chi connectivity index (χ0) is 39.2. The summed E-state index contributed by atoms with van der Waals surface area (Å²) in [6.07, 6.45) is 2.71. The van der Waals surface area contributed by atoms with Gasteiger partial charge < -0.3 is 18.7 Å². The predicted molar refractivity (Wildman–Crippen MR) is 203 cm³/mol. The van der Waals surface area contributed by atoms with E-state index in [1.165, 1.54) is 23.6 Å². The standard InChI is InChI=1S/C36H51N4O10PSSi/c1-35(2,3)53(6,7)48-21-20-38-23-29(24-38)13-9-8-12-28-22-31-26-39(34(42)40(31)25-28)19-18-36(4,52(5,46)47)27-37-49-33(41)17-16-30-14-10-11-15-32(30)50-51(43,44)45/h10-11,14-15,22,25,29,37H,16-21,23-24,26-27H2,1-7H3,(H2,43,44,45). The van der Waals surface area contributed by atoms with Gasteiger partial charge in [0.05, 0.1) is 24.3 Å². The SMILES string of the molecule is CC(C)(C)[Si](C)(C)OCCN1CC(C#CC#Cc2cc3n(c2)C(=O)N(CCC(C)(CNOC(=O)CCc2ccccc2OP(=O)(O)O)S(C)(=O)=O)C3)C1. The molecule has 1 atom stereocenters. The van der Waals surface area contributed by atoms with Crippen LogP contribution in [0.15, 0.2) is 36.5 Å². The second-order valence-corrected chi connectivity index (χ2v) is 23.8. The van der Waals surface area contributed by atoms with Crippen molar-refractivity contribution in [3.63, 3.8) is 0 Å². The van der Waals surface area contributed by atoms with Crippen molar-refractivity contribution < 1.29 is 46.1 Å². The number of hydrogen-bond donors (Lipinski definition) is 3. The number of nitrogens with zero attached hydrogens (tertiary/aromatic N) is 3. The molecule has 2 aliphatic rings. The maximum absolute atomic E-state index is 13.2. The van der Waals surface area contributed by atoms with Crippen molar-refractivity contribution in [1.82, 2.24) is 19.8 Å². The zero-order valence-electron chi connectivity index (χ0n) is 31.5. The maximum atomic E-state index is 13.2. The van der Waals surface area contributed by atoms with Crippen molar-refractivity contribution >= 4 is 38.0 Å². The van der Waals surface area contributed by atoms with Crippen molar-refractivity contribution in [1.29, 1.82) is 0 Å². The fourth-order valence-corrected chi connectivity index (χ4v) is 7.71. The summed E-state index contributed by atoms with van der Waals surface area (Å²) in [6.45, 7) is 16.4. The van der Waals surface area contributed by atoms with E-state index in [4.69, 9.17) is 19.1 Å². The number of hydrogen-bond acceptors (Lipinski definition) is 10. The summed E-state index contributed by atoms with van der Waals surface area (Å²) in [7, 11) is -10.2. The number of para-hydroxylation sites is 1. The van der Waals surface area contributed by atoms with Gasteiger partial charge in [-0.25, -0.2) is 17.8 Å². The minimum atomic E-state index is -4.79. The lowest BCUT2D eigenvalue weighted by molar-refractivity contribution is -0.151. The fraction of sp³-hybridized carbons (Fsp3) is 0.556. The largest absolute Gasteiger partial charge is 0.524 e. The average Bonchev–Trinajstić information content (AvgIpc) is 3.55. The van der Waals surface area contributed by atoms with Gasteiger partial charge in [-0.15, -0.1) is 0 Å². The predicted octanol–water partition coefficient (Wildman–Crippen LogP) is 3.93. The number of benzene rings is 1. The number of amides is 1. The number of sulfone groups is 1. The summed E-state index contributed by atoms with van der Waals surface area (Å²) in [5.41, 5.74) is 4.26. The van der Waals surface area contributed by atoms with Crippen LogP contribution in [0.1, 0.15) is 57.4 Å². The second-order valence-electron chi connectivity index (χ2n) is 15.3. The van der Waals surface area contributed by atoms with E-state index in [-0.39, 0.29) is 55.1 Å². The first-order valence-electron chi connectivity index (χ1n) is 17.4. The Balaban J connectivity index is 1.21. The van der Waals surface area contributed by atoms with Crippen molar-refractivity contribution in [2.45, 2.75) is 76.4 Å². The quantitative estimate of drug-likeness (QED) is 0.0969. The number of aryl methyl sites for hydroxylation is 1. The molecule has 3 N–H and O–H groups in total. The molecular weight excluding hydrogens is 740 g/mol. The van der Waals surface area contributed by atoms with E-state index in [0.717, 1.165) is 38.2 Å². The van der Waals surface area contributed by atoms with Crippen molar-refractivity contribution in [3.8, 4) is 29.4 Å². The van der Waals surface area contributed by atoms with Gasteiger partial charge in [0.2, 0.25) is 0 Å². The minimum Gasteiger partial charge on any atom is -0.416 e. The third kappa shape index (κ3) is 11.8. The molecule has 1 unspecified atom stereocenters. The Kier molecular flexibility index (Phi) is 13.5. The first kappa shape index (κ1) is 42.3. The van der Waals surface area contributed by atoms with Crippen LogP contribution >= 0.6 is 7.82 Å². The van der Waals surface area contributed by atoms with Gasteiger partial charge in [-0.1, -0.05) is 50.8 Å². The highest BCUT2D eigenvalue weighted by Gasteiger charge is 2.39. The van der Waals surface area contributed by atoms with E-state index in [0.29, 0.717) is 17.7 Å². The minimum absolute atomic E-state index is 0.0569. The summed E-state index contributed by atoms with van der Waals surface area (Å²) in [6, 6.07) is 7.64. The topological polar surface area (TPSA) is 177 Å². The Morgan fingerprint density at radius 2 is 1.81 bits per heavy atom. The summed E-state index contributed by atoms with van der Waals surface area (Å²) in [5, 5.41) is 0.196. The van der Waals surface area contributed by atoms with E-state index in [1.54, 1.807) is 23.2 Å². The highest BCUT2D eigenvalue weighted by Crippen LogP contribution is 2.39. The average molecular weight is 791 g/mol. The first-order valence-corrected chi connectivity index (χ1v) is 23.7. The highest BCUT2D eigenvalue weighted by molar-refractivity contribution is 7.92. The number of hydroxylamine groups is 1. The number of likely N-dealkylation sites (tertiary alicyclic amines) is 1. The molecule has 1 aromatic carbocycles. The number of nitrogens with one attached hydrogen (secondary N) is 1. The molecule has 0 bridgehead atoms. The molecule has 1 aromatic heterocycles. The van der Waals surface area contributed by atoms with E-state index >= 15 is 0 Å². The number of carbonyl (C=O) groups excluding carboxylic acids is 2. The lowest BCUT2D eigenvalue weighted by Gasteiger charge is -2.39. The summed E-state index contributed by atoms with van der Waals surface area (Å²) < 4.78 is 47.9. The van der Waals surface area contributed by atoms with Gasteiger partial charge in [0.25, 0.3) is 0 Å². The molecule has 290 valence electrons. The Morgan fingerprint density at radius 3 is 2.45 bits per heavy atom. The number of fused-ring (bicyclic) bond motifs is 1. The van der Waals surface area contributed by atoms with Crippen LogP contribution in [0, 0.1) is 29.6 Å². The molecule has 4 rings (SSSR count). The number of phosphoric ester groups is 1. The van der Waals surface area contributed by atoms with Gasteiger partial charge in [-0.3, -0.25) is 24.0 Å². The molecule has 1 fully saturated rings. The Labute approximate surface area is 313 Å². The van der Waals surface area contributed by atoms with E-state index in [2.05, 4.69) is 72.5 Å². The molecular formula is C36H51N4O10PSSi. The van der Waals surface area contributed by atoms with Gasteiger partial charge in [0.1, 0.15) is 5.75 Å². The highest BCUT2D eigenvalue weighted by atomic mass is 32.2. The van der Waals surface area contributed by atoms with Crippen LogP contribution in [0.4, 0.5) is 4.79 Å². The van der Waals surface area contributed by atoms with Crippen molar-refractivity contribution in [2.75, 3.05) is 45.6 Å². The van der Waals surface area contributed by atoms with Gasteiger partial charge in [0.15, 0.2) is 18.2 Å². The molecule has 2 aliphatic heterocycles. The number of aromatic nitrogens is 1. The Hall–Kier alpha value is -3.44. The van der Waals surface area contributed by atoms with Crippen LogP contribution in [0.25, 0.3) is 0 Å². The second kappa shape index (κ2) is 16.9. The molecule has 53 heavy (non-hydrogen) atoms. The number of rotatable bonds is 16. The lowest BCUT2D eigenvalue weighted by atomic mass is 10.0. The molecule has 0 aliphatic carbocycles. The molecule has 17 heteroatoms. The van der Waals surface area contributed by atoms with Crippen LogP contribution in [-0.4, -0.2) is 103 Å². The fourth-order valence-electron chi connectivity index (χ4n) is 5.46. The molecule has 0 saturated carbocycles. The lowest BCUT2D eigenvalue weighted by Crippen LogP contribution is -2.49. The van der Waals surface area contributed by atoms with E-state index < -0.39 is 36.7 Å². The van der Waals surface area contributed by atoms with Crippen LogP contribution in [-0.2, 0) is 41.4 Å². The van der Waals surface area contributed by atoms with Crippen LogP contribution in [0.2, 0.25) is 18.1 Å². The van der Waals surface area contributed by atoms with E-state index in [1.807, 2.05) is 6.07 Å². The summed E-state index contributed by atoms with van der Waals surface area (Å²) in [5.74, 6) is 11.6. The molecule has 3 heterocycles. The molecule has 14 nitrogen and oxygen atoms in total. The molecule has 0 radical (unpaired) electrons. The molecule has 2 aromatic rings. The monoisotopic (exact) mass is 790 g/mol. The summed E-state index contributed by atoms with van der Waals surface area (Å²) in [4.78, 5) is 52.8. The summed E-state index contributed by atoms with van der Waals surface area (Å²) >= 11 is 0. The zero-order valence-corrected chi connectivity index (χ0v) is 34.2. The molecule has 1 saturated heterocycles. The van der Waals surface area contributed by atoms with Crippen molar-refractivity contribution in [2.24, 2.45) is 5.92 Å².